The van der Waals surface area contributed by atoms with Crippen LogP contribution in [0.4, 0.5) is 18.9 Å². The quantitative estimate of drug-likeness (QED) is 0.616. The Morgan fingerprint density at radius 2 is 2.06 bits per heavy atom. The highest BCUT2D eigenvalue weighted by molar-refractivity contribution is 5.52. The van der Waals surface area contributed by atoms with Crippen LogP contribution in [0.25, 0.3) is 0 Å². The zero-order valence-corrected chi connectivity index (χ0v) is 9.01. The van der Waals surface area contributed by atoms with Crippen molar-refractivity contribution >= 4 is 5.69 Å². The summed E-state index contributed by atoms with van der Waals surface area (Å²) in [4.78, 5) is 0. The molecule has 4 heteroatoms. The molecule has 0 amide bonds. The molecule has 0 heterocycles. The van der Waals surface area contributed by atoms with Gasteiger partial charge in [-0.1, -0.05) is 19.1 Å². The number of nitrogen functional groups attached to an aromatic ring is 1. The van der Waals surface area contributed by atoms with E-state index in [2.05, 4.69) is 6.58 Å². The van der Waals surface area contributed by atoms with E-state index in [1.54, 1.807) is 6.08 Å². The molecule has 0 saturated carbocycles. The molecule has 0 aromatic heterocycles. The van der Waals surface area contributed by atoms with Crippen molar-refractivity contribution in [1.29, 1.82) is 0 Å². The first-order chi connectivity index (χ1) is 7.40. The topological polar surface area (TPSA) is 26.0 Å². The number of benzene rings is 1. The number of hydrogen-bond donors (Lipinski definition) is 1. The lowest BCUT2D eigenvalue weighted by Gasteiger charge is -2.15. The summed E-state index contributed by atoms with van der Waals surface area (Å²) in [6.07, 6.45) is -1.89. The maximum Gasteiger partial charge on any atom is 0.416 e. The molecule has 1 aromatic carbocycles. The third-order valence-corrected chi connectivity index (χ3v) is 2.54. The van der Waals surface area contributed by atoms with Crippen LogP contribution in [0.5, 0.6) is 0 Å². The summed E-state index contributed by atoms with van der Waals surface area (Å²) in [7, 11) is 0. The Morgan fingerprint density at radius 3 is 2.44 bits per heavy atom. The first-order valence-corrected chi connectivity index (χ1v) is 4.99. The molecule has 0 aliphatic rings. The van der Waals surface area contributed by atoms with E-state index in [0.717, 1.165) is 18.6 Å². The Bertz CT molecular complexity index is 382. The summed E-state index contributed by atoms with van der Waals surface area (Å²) in [6.45, 7) is 5.58. The van der Waals surface area contributed by atoms with Gasteiger partial charge in [-0.3, -0.25) is 0 Å². The van der Waals surface area contributed by atoms with E-state index in [0.29, 0.717) is 5.56 Å². The lowest BCUT2D eigenvalue weighted by atomic mass is 9.94. The third-order valence-electron chi connectivity index (χ3n) is 2.54. The first kappa shape index (κ1) is 12.6. The second-order valence-corrected chi connectivity index (χ2v) is 3.59. The van der Waals surface area contributed by atoms with Crippen molar-refractivity contribution in [2.24, 2.45) is 0 Å². The molecule has 1 atom stereocenters. The van der Waals surface area contributed by atoms with Crippen LogP contribution in [0.1, 0.15) is 30.4 Å². The number of alkyl halides is 3. The summed E-state index contributed by atoms with van der Waals surface area (Å²) in [5, 5.41) is 0. The maximum atomic E-state index is 12.4. The van der Waals surface area contributed by atoms with Crippen molar-refractivity contribution < 1.29 is 13.2 Å². The van der Waals surface area contributed by atoms with Gasteiger partial charge in [0.05, 0.1) is 5.56 Å². The smallest absolute Gasteiger partial charge is 0.398 e. The van der Waals surface area contributed by atoms with Crippen LogP contribution in [-0.4, -0.2) is 0 Å². The van der Waals surface area contributed by atoms with Gasteiger partial charge in [0.25, 0.3) is 0 Å². The molecule has 88 valence electrons. The van der Waals surface area contributed by atoms with Gasteiger partial charge in [0.15, 0.2) is 0 Å². The summed E-state index contributed by atoms with van der Waals surface area (Å²) in [5.74, 6) is 0.00211. The van der Waals surface area contributed by atoms with E-state index >= 15 is 0 Å². The van der Waals surface area contributed by atoms with Gasteiger partial charge >= 0.3 is 6.18 Å². The minimum Gasteiger partial charge on any atom is -0.398 e. The van der Waals surface area contributed by atoms with Crippen molar-refractivity contribution in [2.75, 3.05) is 5.73 Å². The van der Waals surface area contributed by atoms with Gasteiger partial charge < -0.3 is 5.73 Å². The molecule has 0 radical (unpaired) electrons. The molecular formula is C12H14F3N. The van der Waals surface area contributed by atoms with Crippen molar-refractivity contribution in [3.63, 3.8) is 0 Å². The monoisotopic (exact) mass is 229 g/mol. The third kappa shape index (κ3) is 2.56. The molecular weight excluding hydrogens is 215 g/mol. The highest BCUT2D eigenvalue weighted by Crippen LogP contribution is 2.34. The minimum atomic E-state index is -4.34. The molecule has 0 spiro atoms. The van der Waals surface area contributed by atoms with E-state index in [4.69, 9.17) is 5.73 Å². The van der Waals surface area contributed by atoms with Gasteiger partial charge in [0, 0.05) is 11.6 Å². The van der Waals surface area contributed by atoms with E-state index < -0.39 is 11.7 Å². The average molecular weight is 229 g/mol. The van der Waals surface area contributed by atoms with Gasteiger partial charge in [0.2, 0.25) is 0 Å². The molecule has 1 aromatic rings. The van der Waals surface area contributed by atoms with E-state index in [9.17, 15) is 13.2 Å². The lowest BCUT2D eigenvalue weighted by Crippen LogP contribution is -2.07. The number of anilines is 1. The number of rotatable bonds is 3. The molecule has 0 bridgehead atoms. The van der Waals surface area contributed by atoms with Gasteiger partial charge in [-0.2, -0.15) is 13.2 Å². The van der Waals surface area contributed by atoms with Gasteiger partial charge in [0.1, 0.15) is 0 Å². The SMILES string of the molecule is C=C[C@@H](CC)c1ccc(C(F)(F)F)cc1N. The molecule has 16 heavy (non-hydrogen) atoms. The standard InChI is InChI=1S/C12H14F3N/c1-3-8(4-2)10-6-5-9(7-11(10)16)12(13,14)15/h3,5-8H,1,4,16H2,2H3/t8-/m0/s1. The van der Waals surface area contributed by atoms with Gasteiger partial charge in [-0.25, -0.2) is 0 Å². The van der Waals surface area contributed by atoms with Crippen molar-refractivity contribution in [3.05, 3.63) is 42.0 Å². The molecule has 0 aliphatic carbocycles. The molecule has 1 nitrogen and oxygen atoms in total. The second-order valence-electron chi connectivity index (χ2n) is 3.59. The molecule has 0 saturated heterocycles. The minimum absolute atomic E-state index is 0.00211. The Morgan fingerprint density at radius 1 is 1.44 bits per heavy atom. The Kier molecular flexibility index (Phi) is 3.62. The van der Waals surface area contributed by atoms with Crippen LogP contribution in [0.2, 0.25) is 0 Å². The molecule has 0 unspecified atom stereocenters. The summed E-state index contributed by atoms with van der Waals surface area (Å²) >= 11 is 0. The summed E-state index contributed by atoms with van der Waals surface area (Å²) < 4.78 is 37.2. The number of nitrogens with two attached hydrogens (primary N) is 1. The van der Waals surface area contributed by atoms with Crippen LogP contribution in [0, 0.1) is 0 Å². The summed E-state index contributed by atoms with van der Waals surface area (Å²) in [5.41, 5.74) is 5.77. The highest BCUT2D eigenvalue weighted by atomic mass is 19.4. The van der Waals surface area contributed by atoms with Crippen LogP contribution < -0.4 is 5.73 Å². The first-order valence-electron chi connectivity index (χ1n) is 4.99. The Labute approximate surface area is 92.8 Å². The van der Waals surface area contributed by atoms with Crippen molar-refractivity contribution in [1.82, 2.24) is 0 Å². The van der Waals surface area contributed by atoms with Crippen molar-refractivity contribution in [2.45, 2.75) is 25.4 Å². The lowest BCUT2D eigenvalue weighted by molar-refractivity contribution is -0.137. The zero-order chi connectivity index (χ0) is 12.3. The molecule has 1 rings (SSSR count). The predicted octanol–water partition coefficient (Wildman–Crippen LogP) is 3.97. The predicted molar refractivity (Wildman–Crippen MR) is 59.1 cm³/mol. The van der Waals surface area contributed by atoms with Crippen LogP contribution in [-0.2, 0) is 6.18 Å². The molecule has 2 N–H and O–H groups in total. The highest BCUT2D eigenvalue weighted by Gasteiger charge is 2.31. The Hall–Kier alpha value is -1.45. The van der Waals surface area contributed by atoms with Gasteiger partial charge in [-0.15, -0.1) is 6.58 Å². The van der Waals surface area contributed by atoms with Crippen LogP contribution in [0.15, 0.2) is 30.9 Å². The normalized spacial score (nSPS) is 13.5. The largest absolute Gasteiger partial charge is 0.416 e. The van der Waals surface area contributed by atoms with Crippen LogP contribution >= 0.6 is 0 Å². The fourth-order valence-electron chi connectivity index (χ4n) is 1.60. The number of hydrogen-bond acceptors (Lipinski definition) is 1. The van der Waals surface area contributed by atoms with Gasteiger partial charge in [-0.05, 0) is 24.1 Å². The second kappa shape index (κ2) is 4.60. The fourth-order valence-corrected chi connectivity index (χ4v) is 1.60. The summed E-state index contributed by atoms with van der Waals surface area (Å²) in [6, 6.07) is 3.45. The molecule has 0 fully saturated rings. The van der Waals surface area contributed by atoms with Crippen molar-refractivity contribution in [3.8, 4) is 0 Å². The average Bonchev–Trinajstić information content (AvgIpc) is 2.20. The fraction of sp³-hybridized carbons (Fsp3) is 0.333. The number of allylic oxidation sites excluding steroid dienone is 1. The van der Waals surface area contributed by atoms with E-state index in [1.807, 2.05) is 6.92 Å². The zero-order valence-electron chi connectivity index (χ0n) is 9.01. The molecule has 0 aliphatic heterocycles. The van der Waals surface area contributed by atoms with Crippen LogP contribution in [0.3, 0.4) is 0 Å². The van der Waals surface area contributed by atoms with E-state index in [-0.39, 0.29) is 11.6 Å². The Balaban J connectivity index is 3.14. The number of halogens is 3. The maximum absolute atomic E-state index is 12.4. The van der Waals surface area contributed by atoms with E-state index in [1.165, 1.54) is 6.07 Å².